The summed E-state index contributed by atoms with van der Waals surface area (Å²) in [6, 6.07) is 4.62. The Bertz CT molecular complexity index is 698. The molecule has 1 aliphatic rings. The third-order valence-electron chi connectivity index (χ3n) is 3.66. The van der Waals surface area contributed by atoms with Crippen LogP contribution in [0, 0.1) is 10.1 Å². The van der Waals surface area contributed by atoms with E-state index in [-0.39, 0.29) is 17.9 Å². The summed E-state index contributed by atoms with van der Waals surface area (Å²) in [5.41, 5.74) is 1.04. The first kappa shape index (κ1) is 16.5. The first-order valence-electron chi connectivity index (χ1n) is 7.03. The van der Waals surface area contributed by atoms with Crippen LogP contribution in [-0.4, -0.2) is 35.5 Å². The number of amides is 2. The van der Waals surface area contributed by atoms with E-state index in [9.17, 15) is 19.7 Å². The minimum atomic E-state index is -0.794. The van der Waals surface area contributed by atoms with E-state index in [1.54, 1.807) is 19.9 Å². The SMILES string of the molecule is CCOC(=O)C1=C(C)N(C)C(=O)N[C@@H]1c1cccc([N+](=O)[O-])c1. The summed E-state index contributed by atoms with van der Waals surface area (Å²) in [6.45, 7) is 3.51. The van der Waals surface area contributed by atoms with Crippen molar-refractivity contribution in [2.45, 2.75) is 19.9 Å². The molecule has 1 atom stereocenters. The predicted molar refractivity (Wildman–Crippen MR) is 81.5 cm³/mol. The summed E-state index contributed by atoms with van der Waals surface area (Å²) in [4.78, 5) is 36.0. The van der Waals surface area contributed by atoms with Gasteiger partial charge in [0.15, 0.2) is 0 Å². The maximum absolute atomic E-state index is 12.3. The van der Waals surface area contributed by atoms with Crippen LogP contribution in [0.5, 0.6) is 0 Å². The van der Waals surface area contributed by atoms with Gasteiger partial charge in [0.05, 0.1) is 23.1 Å². The molecule has 23 heavy (non-hydrogen) atoms. The van der Waals surface area contributed by atoms with Crippen LogP contribution in [0.2, 0.25) is 0 Å². The van der Waals surface area contributed by atoms with Gasteiger partial charge in [0.25, 0.3) is 5.69 Å². The van der Waals surface area contributed by atoms with E-state index in [2.05, 4.69) is 5.32 Å². The lowest BCUT2D eigenvalue weighted by Crippen LogP contribution is -2.46. The van der Waals surface area contributed by atoms with Crippen molar-refractivity contribution >= 4 is 17.7 Å². The summed E-state index contributed by atoms with van der Waals surface area (Å²) in [5, 5.41) is 13.6. The van der Waals surface area contributed by atoms with E-state index in [0.29, 0.717) is 11.3 Å². The monoisotopic (exact) mass is 319 g/mol. The Morgan fingerprint density at radius 1 is 1.48 bits per heavy atom. The van der Waals surface area contributed by atoms with E-state index in [1.807, 2.05) is 0 Å². The summed E-state index contributed by atoms with van der Waals surface area (Å²) in [6.07, 6.45) is 0. The molecule has 0 unspecified atom stereocenters. The maximum Gasteiger partial charge on any atom is 0.338 e. The number of hydrogen-bond acceptors (Lipinski definition) is 5. The molecule has 2 amide bonds. The molecule has 0 saturated carbocycles. The fraction of sp³-hybridized carbons (Fsp3) is 0.333. The minimum absolute atomic E-state index is 0.114. The van der Waals surface area contributed by atoms with Gasteiger partial charge in [-0.25, -0.2) is 9.59 Å². The molecule has 0 spiro atoms. The normalized spacial score (nSPS) is 17.8. The van der Waals surface area contributed by atoms with Crippen molar-refractivity contribution in [2.75, 3.05) is 13.7 Å². The Kier molecular flexibility index (Phi) is 4.63. The molecule has 0 saturated heterocycles. The molecular weight excluding hydrogens is 302 g/mol. The average molecular weight is 319 g/mol. The smallest absolute Gasteiger partial charge is 0.338 e. The number of benzene rings is 1. The average Bonchev–Trinajstić information content (AvgIpc) is 2.52. The van der Waals surface area contributed by atoms with Crippen LogP contribution >= 0.6 is 0 Å². The van der Waals surface area contributed by atoms with Crippen LogP contribution in [0.4, 0.5) is 10.5 Å². The molecule has 1 aromatic carbocycles. The molecule has 0 aromatic heterocycles. The molecule has 8 nitrogen and oxygen atoms in total. The topological polar surface area (TPSA) is 102 Å². The van der Waals surface area contributed by atoms with Gasteiger partial charge >= 0.3 is 12.0 Å². The zero-order valence-electron chi connectivity index (χ0n) is 13.0. The second-order valence-corrected chi connectivity index (χ2v) is 5.01. The Morgan fingerprint density at radius 2 is 2.17 bits per heavy atom. The third-order valence-corrected chi connectivity index (χ3v) is 3.66. The van der Waals surface area contributed by atoms with E-state index < -0.39 is 23.0 Å². The second kappa shape index (κ2) is 6.47. The molecule has 1 aliphatic heterocycles. The number of hydrogen-bond donors (Lipinski definition) is 1. The number of nitro groups is 1. The van der Waals surface area contributed by atoms with Gasteiger partial charge in [-0.2, -0.15) is 0 Å². The number of nitro benzene ring substituents is 1. The largest absolute Gasteiger partial charge is 0.463 e. The van der Waals surface area contributed by atoms with Gasteiger partial charge in [-0.05, 0) is 19.4 Å². The number of ether oxygens (including phenoxy) is 1. The van der Waals surface area contributed by atoms with Crippen molar-refractivity contribution in [1.29, 1.82) is 0 Å². The number of non-ortho nitro benzene ring substituents is 1. The molecule has 1 heterocycles. The molecular formula is C15H17N3O5. The van der Waals surface area contributed by atoms with Crippen molar-refractivity contribution in [1.82, 2.24) is 10.2 Å². The Morgan fingerprint density at radius 3 is 2.78 bits per heavy atom. The molecule has 0 aliphatic carbocycles. The Hall–Kier alpha value is -2.90. The number of esters is 1. The van der Waals surface area contributed by atoms with Gasteiger partial charge < -0.3 is 15.0 Å². The van der Waals surface area contributed by atoms with Gasteiger partial charge in [0.2, 0.25) is 0 Å². The molecule has 0 radical (unpaired) electrons. The minimum Gasteiger partial charge on any atom is -0.463 e. The molecule has 8 heteroatoms. The zero-order chi connectivity index (χ0) is 17.1. The lowest BCUT2D eigenvalue weighted by Gasteiger charge is -2.33. The predicted octanol–water partition coefficient (Wildman–Crippen LogP) is 2.13. The van der Waals surface area contributed by atoms with E-state index in [0.717, 1.165) is 0 Å². The second-order valence-electron chi connectivity index (χ2n) is 5.01. The highest BCUT2D eigenvalue weighted by Gasteiger charge is 2.35. The lowest BCUT2D eigenvalue weighted by molar-refractivity contribution is -0.384. The molecule has 2 rings (SSSR count). The number of allylic oxidation sites excluding steroid dienone is 1. The van der Waals surface area contributed by atoms with Crippen molar-refractivity contribution in [3.63, 3.8) is 0 Å². The van der Waals surface area contributed by atoms with Crippen LogP contribution < -0.4 is 5.32 Å². The van der Waals surface area contributed by atoms with Crippen molar-refractivity contribution in [2.24, 2.45) is 0 Å². The first-order valence-corrected chi connectivity index (χ1v) is 7.03. The van der Waals surface area contributed by atoms with Crippen molar-refractivity contribution < 1.29 is 19.2 Å². The van der Waals surface area contributed by atoms with E-state index >= 15 is 0 Å². The number of nitrogens with one attached hydrogen (secondary N) is 1. The van der Waals surface area contributed by atoms with Crippen LogP contribution in [0.3, 0.4) is 0 Å². The maximum atomic E-state index is 12.3. The van der Waals surface area contributed by atoms with Crippen LogP contribution in [0.15, 0.2) is 35.5 Å². The summed E-state index contributed by atoms with van der Waals surface area (Å²) < 4.78 is 5.06. The van der Waals surface area contributed by atoms with Crippen molar-refractivity contribution in [3.8, 4) is 0 Å². The summed E-state index contributed by atoms with van der Waals surface area (Å²) in [5.74, 6) is -0.562. The first-order chi connectivity index (χ1) is 10.9. The van der Waals surface area contributed by atoms with Crippen molar-refractivity contribution in [3.05, 3.63) is 51.2 Å². The Labute approximate surface area is 132 Å². The number of rotatable bonds is 4. The third kappa shape index (κ3) is 3.15. The lowest BCUT2D eigenvalue weighted by atomic mass is 9.95. The highest BCUT2D eigenvalue weighted by molar-refractivity contribution is 5.95. The highest BCUT2D eigenvalue weighted by Crippen LogP contribution is 2.32. The number of carbonyl (C=O) groups is 2. The van der Waals surface area contributed by atoms with Crippen LogP contribution in [0.25, 0.3) is 0 Å². The Balaban J connectivity index is 2.53. The summed E-state index contributed by atoms with van der Waals surface area (Å²) in [7, 11) is 1.54. The van der Waals surface area contributed by atoms with Gasteiger partial charge in [-0.15, -0.1) is 0 Å². The quantitative estimate of drug-likeness (QED) is 0.520. The number of nitrogens with zero attached hydrogens (tertiary/aromatic N) is 2. The van der Waals surface area contributed by atoms with Crippen LogP contribution in [-0.2, 0) is 9.53 Å². The zero-order valence-corrected chi connectivity index (χ0v) is 13.0. The molecule has 1 N–H and O–H groups in total. The standard InChI is InChI=1S/C15H17N3O5/c1-4-23-14(19)12-9(2)17(3)15(20)16-13(12)10-6-5-7-11(8-10)18(21)22/h5-8,13H,4H2,1-3H3,(H,16,20)/t13-/m1/s1. The number of carbonyl (C=O) groups excluding carboxylic acids is 2. The molecule has 1 aromatic rings. The fourth-order valence-corrected chi connectivity index (χ4v) is 2.38. The van der Waals surface area contributed by atoms with Gasteiger partial charge in [0.1, 0.15) is 0 Å². The van der Waals surface area contributed by atoms with Crippen LogP contribution in [0.1, 0.15) is 25.5 Å². The summed E-state index contributed by atoms with van der Waals surface area (Å²) >= 11 is 0. The molecule has 122 valence electrons. The van der Waals surface area contributed by atoms with E-state index in [4.69, 9.17) is 4.74 Å². The molecule has 0 bridgehead atoms. The fourth-order valence-electron chi connectivity index (χ4n) is 2.38. The van der Waals surface area contributed by atoms with Gasteiger partial charge in [-0.1, -0.05) is 12.1 Å². The van der Waals surface area contributed by atoms with Gasteiger partial charge in [0, 0.05) is 24.9 Å². The number of urea groups is 1. The van der Waals surface area contributed by atoms with E-state index in [1.165, 1.54) is 30.1 Å². The highest BCUT2D eigenvalue weighted by atomic mass is 16.6. The van der Waals surface area contributed by atoms with Gasteiger partial charge in [-0.3, -0.25) is 10.1 Å². The molecule has 0 fully saturated rings.